The van der Waals surface area contributed by atoms with Crippen molar-refractivity contribution < 1.29 is 9.53 Å². The second-order valence-electron chi connectivity index (χ2n) is 5.48. The lowest BCUT2D eigenvalue weighted by molar-refractivity contribution is -0.116. The van der Waals surface area contributed by atoms with Crippen LogP contribution in [-0.2, 0) is 4.79 Å². The molecule has 0 bridgehead atoms. The van der Waals surface area contributed by atoms with Gasteiger partial charge in [-0.25, -0.2) is 0 Å². The maximum Gasteiger partial charge on any atom is 0.243 e. The maximum atomic E-state index is 11.9. The van der Waals surface area contributed by atoms with Gasteiger partial charge in [-0.15, -0.1) is 0 Å². The summed E-state index contributed by atoms with van der Waals surface area (Å²) in [7, 11) is 1.67. The number of likely N-dealkylation sites (N-methyl/N-ethyl adjacent to an activating group) is 1. The fourth-order valence-electron chi connectivity index (χ4n) is 2.48. The number of benzene rings is 1. The average molecular weight is 304 g/mol. The number of rotatable bonds is 8. The van der Waals surface area contributed by atoms with Crippen LogP contribution in [0.3, 0.4) is 0 Å². The molecule has 122 valence electrons. The zero-order chi connectivity index (χ0) is 16.5. The molecule has 4 nitrogen and oxygen atoms in total. The molecule has 0 heterocycles. The molecule has 1 amide bonds. The Labute approximate surface area is 134 Å². The third-order valence-corrected chi connectivity index (χ3v) is 3.62. The molecule has 0 radical (unpaired) electrons. The predicted molar refractivity (Wildman–Crippen MR) is 91.1 cm³/mol. The highest BCUT2D eigenvalue weighted by atomic mass is 16.5. The first-order valence-electron chi connectivity index (χ1n) is 7.82. The normalized spacial score (nSPS) is 11.9. The summed E-state index contributed by atoms with van der Waals surface area (Å²) in [6.45, 7) is 10.5. The molecule has 22 heavy (non-hydrogen) atoms. The van der Waals surface area contributed by atoms with Crippen LogP contribution in [0.15, 0.2) is 35.9 Å². The van der Waals surface area contributed by atoms with Gasteiger partial charge in [0, 0.05) is 12.6 Å². The molecule has 0 aliphatic heterocycles. The largest absolute Gasteiger partial charge is 0.497 e. The zero-order valence-corrected chi connectivity index (χ0v) is 14.3. The maximum absolute atomic E-state index is 11.9. The van der Waals surface area contributed by atoms with Gasteiger partial charge >= 0.3 is 0 Å². The highest BCUT2D eigenvalue weighted by Gasteiger charge is 2.19. The van der Waals surface area contributed by atoms with E-state index in [1.54, 1.807) is 13.2 Å². The lowest BCUT2D eigenvalue weighted by Crippen LogP contribution is -2.37. The van der Waals surface area contributed by atoms with Crippen LogP contribution in [-0.4, -0.2) is 37.6 Å². The third-order valence-electron chi connectivity index (χ3n) is 3.62. The van der Waals surface area contributed by atoms with Crippen molar-refractivity contribution >= 4 is 5.91 Å². The molecule has 0 aliphatic carbocycles. The van der Waals surface area contributed by atoms with Gasteiger partial charge in [-0.1, -0.05) is 31.6 Å². The van der Waals surface area contributed by atoms with Gasteiger partial charge in [-0.05, 0) is 44.6 Å². The molecular weight excluding hydrogens is 276 g/mol. The van der Waals surface area contributed by atoms with E-state index in [4.69, 9.17) is 4.74 Å². The quantitative estimate of drug-likeness (QED) is 0.750. The lowest BCUT2D eigenvalue weighted by Gasteiger charge is -2.30. The van der Waals surface area contributed by atoms with Crippen molar-refractivity contribution in [1.82, 2.24) is 10.2 Å². The summed E-state index contributed by atoms with van der Waals surface area (Å²) in [5.41, 5.74) is 2.15. The summed E-state index contributed by atoms with van der Waals surface area (Å²) in [5.74, 6) is 0.797. The number of carbonyl (C=O) groups is 1. The number of allylic oxidation sites excluding steroid dienone is 1. The number of hydrogen-bond acceptors (Lipinski definition) is 3. The molecule has 0 aliphatic rings. The van der Waals surface area contributed by atoms with E-state index in [9.17, 15) is 4.79 Å². The van der Waals surface area contributed by atoms with Gasteiger partial charge in [-0.2, -0.15) is 0 Å². The molecule has 0 spiro atoms. The Balaban J connectivity index is 2.93. The number of carbonyl (C=O) groups excluding carboxylic acids is 1. The Morgan fingerprint density at radius 2 is 2.00 bits per heavy atom. The number of ether oxygens (including phenoxy) is 1. The molecule has 1 atom stereocenters. The molecule has 0 fully saturated rings. The minimum atomic E-state index is -0.0416. The second-order valence-corrected chi connectivity index (χ2v) is 5.48. The van der Waals surface area contributed by atoms with Gasteiger partial charge in [0.15, 0.2) is 0 Å². The number of nitrogens with zero attached hydrogens (tertiary/aromatic N) is 1. The third kappa shape index (κ3) is 5.53. The summed E-state index contributed by atoms with van der Waals surface area (Å²) in [6.07, 6.45) is 1.63. The Bertz CT molecular complexity index is 504. The standard InChI is InChI=1S/C18H28N2O2/c1-6-20(7-2)17(13-19-18(21)11-14(3)4)15-9-8-10-16(12-15)22-5/h8-12,17H,6-7,13H2,1-5H3,(H,19,21). The SMILES string of the molecule is CCN(CC)C(CNC(=O)C=C(C)C)c1cccc(OC)c1. The van der Waals surface area contributed by atoms with Crippen molar-refractivity contribution in [2.45, 2.75) is 33.7 Å². The van der Waals surface area contributed by atoms with E-state index in [0.29, 0.717) is 6.54 Å². The molecule has 1 aromatic carbocycles. The van der Waals surface area contributed by atoms with Crippen LogP contribution in [0, 0.1) is 0 Å². The molecular formula is C18H28N2O2. The fourth-order valence-corrected chi connectivity index (χ4v) is 2.48. The van der Waals surface area contributed by atoms with Crippen molar-refractivity contribution in [3.8, 4) is 5.75 Å². The van der Waals surface area contributed by atoms with E-state index >= 15 is 0 Å². The smallest absolute Gasteiger partial charge is 0.243 e. The van der Waals surface area contributed by atoms with Gasteiger partial charge in [-0.3, -0.25) is 9.69 Å². The summed E-state index contributed by atoms with van der Waals surface area (Å²) in [6, 6.07) is 8.18. The minimum absolute atomic E-state index is 0.0416. The van der Waals surface area contributed by atoms with Gasteiger partial charge < -0.3 is 10.1 Å². The van der Waals surface area contributed by atoms with Gasteiger partial charge in [0.2, 0.25) is 5.91 Å². The molecule has 0 aromatic heterocycles. The second kappa shape index (κ2) is 9.26. The van der Waals surface area contributed by atoms with Crippen molar-refractivity contribution in [1.29, 1.82) is 0 Å². The first kappa shape index (κ1) is 18.2. The summed E-state index contributed by atoms with van der Waals surface area (Å²) in [5, 5.41) is 3.00. The van der Waals surface area contributed by atoms with Crippen molar-refractivity contribution in [3.63, 3.8) is 0 Å². The molecule has 1 unspecified atom stereocenters. The van der Waals surface area contributed by atoms with E-state index in [0.717, 1.165) is 30.0 Å². The van der Waals surface area contributed by atoms with Gasteiger partial charge in [0.05, 0.1) is 13.2 Å². The van der Waals surface area contributed by atoms with Crippen LogP contribution in [0.5, 0.6) is 5.75 Å². The van der Waals surface area contributed by atoms with Crippen LogP contribution < -0.4 is 10.1 Å². The Kier molecular flexibility index (Phi) is 7.67. The minimum Gasteiger partial charge on any atom is -0.497 e. The summed E-state index contributed by atoms with van der Waals surface area (Å²) >= 11 is 0. The highest BCUT2D eigenvalue weighted by molar-refractivity contribution is 5.88. The van der Waals surface area contributed by atoms with Crippen LogP contribution in [0.4, 0.5) is 0 Å². The fraction of sp³-hybridized carbons (Fsp3) is 0.500. The molecule has 0 saturated carbocycles. The first-order valence-corrected chi connectivity index (χ1v) is 7.82. The van der Waals surface area contributed by atoms with Gasteiger partial charge in [0.1, 0.15) is 5.75 Å². The Morgan fingerprint density at radius 1 is 1.32 bits per heavy atom. The molecule has 4 heteroatoms. The topological polar surface area (TPSA) is 41.6 Å². The highest BCUT2D eigenvalue weighted by Crippen LogP contribution is 2.23. The summed E-state index contributed by atoms with van der Waals surface area (Å²) in [4.78, 5) is 14.2. The molecule has 1 N–H and O–H groups in total. The first-order chi connectivity index (χ1) is 10.5. The predicted octanol–water partition coefficient (Wildman–Crippen LogP) is 3.16. The van der Waals surface area contributed by atoms with Crippen LogP contribution in [0.1, 0.15) is 39.3 Å². The number of hydrogen-bond donors (Lipinski definition) is 1. The zero-order valence-electron chi connectivity index (χ0n) is 14.3. The molecule has 0 saturated heterocycles. The van der Waals surface area contributed by atoms with Crippen molar-refractivity contribution in [2.75, 3.05) is 26.7 Å². The molecule has 1 rings (SSSR count). The molecule has 1 aromatic rings. The van der Waals surface area contributed by atoms with Crippen LogP contribution in [0.2, 0.25) is 0 Å². The van der Waals surface area contributed by atoms with E-state index in [-0.39, 0.29) is 11.9 Å². The lowest BCUT2D eigenvalue weighted by atomic mass is 10.0. The van der Waals surface area contributed by atoms with E-state index in [1.165, 1.54) is 0 Å². The van der Waals surface area contributed by atoms with Crippen LogP contribution >= 0.6 is 0 Å². The Morgan fingerprint density at radius 3 is 2.55 bits per heavy atom. The van der Waals surface area contributed by atoms with Crippen molar-refractivity contribution in [3.05, 3.63) is 41.5 Å². The van der Waals surface area contributed by atoms with E-state index < -0.39 is 0 Å². The number of nitrogens with one attached hydrogen (secondary N) is 1. The van der Waals surface area contributed by atoms with Crippen molar-refractivity contribution in [2.24, 2.45) is 0 Å². The Hall–Kier alpha value is -1.81. The van der Waals surface area contributed by atoms with Gasteiger partial charge in [0.25, 0.3) is 0 Å². The van der Waals surface area contributed by atoms with Crippen LogP contribution in [0.25, 0.3) is 0 Å². The van der Waals surface area contributed by atoms with E-state index in [2.05, 4.69) is 30.1 Å². The number of methoxy groups -OCH3 is 1. The average Bonchev–Trinajstić information content (AvgIpc) is 2.50. The monoisotopic (exact) mass is 304 g/mol. The number of amides is 1. The van der Waals surface area contributed by atoms with E-state index in [1.807, 2.05) is 32.0 Å². The summed E-state index contributed by atoms with van der Waals surface area (Å²) < 4.78 is 5.31.